The van der Waals surface area contributed by atoms with Gasteiger partial charge in [0.2, 0.25) is 0 Å². The lowest BCUT2D eigenvalue weighted by atomic mass is 9.87. The van der Waals surface area contributed by atoms with Crippen LogP contribution in [0.15, 0.2) is 146 Å². The Labute approximate surface area is 268 Å². The van der Waals surface area contributed by atoms with Gasteiger partial charge in [0.05, 0.1) is 5.69 Å². The predicted molar refractivity (Wildman–Crippen MR) is 195 cm³/mol. The molecule has 0 unspecified atom stereocenters. The molecule has 11 aromatic rings. The Kier molecular flexibility index (Phi) is 4.81. The van der Waals surface area contributed by atoms with Crippen LogP contribution in [0, 0.1) is 0 Å². The summed E-state index contributed by atoms with van der Waals surface area (Å²) in [5.41, 5.74) is 7.08. The molecule has 0 aliphatic carbocycles. The molecule has 0 bridgehead atoms. The van der Waals surface area contributed by atoms with E-state index in [-0.39, 0.29) is 0 Å². The van der Waals surface area contributed by atoms with Crippen LogP contribution in [-0.2, 0) is 0 Å². The van der Waals surface area contributed by atoms with Gasteiger partial charge in [0, 0.05) is 23.5 Å². The predicted octanol–water partition coefficient (Wildman–Crippen LogP) is 10.9. The van der Waals surface area contributed by atoms with E-state index in [1.807, 2.05) is 12.1 Å². The molecule has 0 radical (unpaired) electrons. The van der Waals surface area contributed by atoms with Crippen LogP contribution in [0.25, 0.3) is 104 Å². The van der Waals surface area contributed by atoms with Crippen LogP contribution in [-0.4, -0.2) is 20.0 Å². The van der Waals surface area contributed by atoms with Crippen molar-refractivity contribution in [2.75, 3.05) is 0 Å². The molecule has 0 N–H and O–H groups in total. The van der Waals surface area contributed by atoms with Crippen LogP contribution < -0.4 is 0 Å². The maximum atomic E-state index is 5.19. The van der Waals surface area contributed by atoms with Gasteiger partial charge in [-0.3, -0.25) is 4.98 Å². The molecule has 0 saturated heterocycles. The average Bonchev–Trinajstić information content (AvgIpc) is 3.59. The molecule has 4 heteroatoms. The highest BCUT2D eigenvalue weighted by Gasteiger charge is 2.21. The number of hydrogen-bond donors (Lipinski definition) is 0. The van der Waals surface area contributed by atoms with Gasteiger partial charge in [0.1, 0.15) is 11.0 Å². The first-order valence-corrected chi connectivity index (χ1v) is 15.9. The zero-order valence-corrected chi connectivity index (χ0v) is 25.1. The molecule has 0 spiro atoms. The van der Waals surface area contributed by atoms with E-state index in [4.69, 9.17) is 10.2 Å². The molecular weight excluding hydrogens is 573 g/mol. The average molecular weight is 597 g/mol. The summed E-state index contributed by atoms with van der Waals surface area (Å²) in [6, 6.07) is 48.5. The fourth-order valence-corrected chi connectivity index (χ4v) is 7.96. The number of benzene rings is 9. The Morgan fingerprint density at radius 2 is 0.723 bits per heavy atom. The minimum absolute atomic E-state index is 0.874. The molecule has 47 heavy (non-hydrogen) atoms. The van der Waals surface area contributed by atoms with Gasteiger partial charge in [-0.1, -0.05) is 121 Å². The first-order valence-electron chi connectivity index (χ1n) is 15.9. The first kappa shape index (κ1) is 24.9. The van der Waals surface area contributed by atoms with E-state index in [1.165, 1.54) is 64.6 Å². The molecule has 0 amide bonds. The van der Waals surface area contributed by atoms with Gasteiger partial charge in [0.15, 0.2) is 0 Å². The van der Waals surface area contributed by atoms with E-state index in [2.05, 4.69) is 126 Å². The van der Waals surface area contributed by atoms with Crippen LogP contribution >= 0.6 is 0 Å². The molecule has 2 aromatic heterocycles. The van der Waals surface area contributed by atoms with E-state index >= 15 is 0 Å². The molecule has 4 nitrogen and oxygen atoms in total. The summed E-state index contributed by atoms with van der Waals surface area (Å²) in [5, 5.41) is 25.6. The quantitative estimate of drug-likeness (QED) is 0.191. The van der Waals surface area contributed by atoms with E-state index < -0.39 is 0 Å². The third-order valence-corrected chi connectivity index (χ3v) is 10.1. The highest BCUT2D eigenvalue weighted by molar-refractivity contribution is 6.28. The Bertz CT molecular complexity index is 2790. The van der Waals surface area contributed by atoms with Crippen molar-refractivity contribution in [1.82, 2.24) is 20.0 Å². The molecule has 0 saturated carbocycles. The summed E-state index contributed by atoms with van der Waals surface area (Å²) in [6.45, 7) is 0. The van der Waals surface area contributed by atoms with Crippen molar-refractivity contribution in [2.24, 2.45) is 0 Å². The van der Waals surface area contributed by atoms with Gasteiger partial charge in [-0.25, -0.2) is 0 Å². The third-order valence-electron chi connectivity index (χ3n) is 10.1. The Morgan fingerprint density at radius 3 is 1.19 bits per heavy atom. The van der Waals surface area contributed by atoms with Crippen molar-refractivity contribution in [3.63, 3.8) is 0 Å². The van der Waals surface area contributed by atoms with Crippen molar-refractivity contribution in [1.29, 1.82) is 0 Å². The monoisotopic (exact) mass is 596 g/mol. The normalized spacial score (nSPS) is 12.3. The van der Waals surface area contributed by atoms with Crippen molar-refractivity contribution < 1.29 is 0 Å². The second kappa shape index (κ2) is 9.09. The molecule has 216 valence electrons. The van der Waals surface area contributed by atoms with E-state index in [9.17, 15) is 0 Å². The standard InChI is InChI=1S/C43H24N4/c1-3-25-7-9-29-11-15-32(34-17-13-27(5-1)38(25)40(29)34)36-19-20-37(43-42(36)45-47(46-43)31-21-23-44-24-22-31)33-16-12-30-10-8-26-4-2-6-28-14-18-35(33)41(30)39(26)28/h1-24H. The van der Waals surface area contributed by atoms with Crippen LogP contribution in [0.4, 0.5) is 0 Å². The maximum absolute atomic E-state index is 5.19. The van der Waals surface area contributed by atoms with Crippen molar-refractivity contribution in [3.8, 4) is 27.9 Å². The summed E-state index contributed by atoms with van der Waals surface area (Å²) in [5.74, 6) is 0. The number of hydrogen-bond acceptors (Lipinski definition) is 3. The lowest BCUT2D eigenvalue weighted by Gasteiger charge is -2.16. The van der Waals surface area contributed by atoms with Crippen LogP contribution in [0.5, 0.6) is 0 Å². The molecule has 0 fully saturated rings. The van der Waals surface area contributed by atoms with Crippen molar-refractivity contribution in [2.45, 2.75) is 0 Å². The molecular formula is C43H24N4. The largest absolute Gasteiger partial charge is 0.265 e. The van der Waals surface area contributed by atoms with Crippen LogP contribution in [0.3, 0.4) is 0 Å². The number of nitrogens with zero attached hydrogens (tertiary/aromatic N) is 4. The van der Waals surface area contributed by atoms with Crippen molar-refractivity contribution >= 4 is 75.7 Å². The topological polar surface area (TPSA) is 43.6 Å². The molecule has 2 heterocycles. The number of rotatable bonds is 3. The van der Waals surface area contributed by atoms with E-state index in [1.54, 1.807) is 17.2 Å². The summed E-state index contributed by atoms with van der Waals surface area (Å²) in [6.07, 6.45) is 3.57. The highest BCUT2D eigenvalue weighted by atomic mass is 15.5. The minimum atomic E-state index is 0.874. The minimum Gasteiger partial charge on any atom is -0.265 e. The number of fused-ring (bicyclic) bond motifs is 1. The molecule has 0 aliphatic heterocycles. The second-order valence-corrected chi connectivity index (χ2v) is 12.5. The highest BCUT2D eigenvalue weighted by Crippen LogP contribution is 2.44. The van der Waals surface area contributed by atoms with E-state index in [0.29, 0.717) is 0 Å². The molecule has 0 aliphatic rings. The SMILES string of the molecule is c1cc2ccc3ccc(-c4ccc(-c5ccc6ccc7cccc8ccc5c6c78)c5nn(-c6ccncc6)nc45)c4ccc(c1)c2c34. The maximum Gasteiger partial charge on any atom is 0.122 e. The Morgan fingerprint density at radius 1 is 0.340 bits per heavy atom. The van der Waals surface area contributed by atoms with E-state index in [0.717, 1.165) is 39.0 Å². The number of pyridine rings is 1. The van der Waals surface area contributed by atoms with Gasteiger partial charge in [-0.15, -0.1) is 10.2 Å². The Hall–Kier alpha value is -6.39. The lowest BCUT2D eigenvalue weighted by molar-refractivity contribution is 0.764. The van der Waals surface area contributed by atoms with Gasteiger partial charge < -0.3 is 0 Å². The fraction of sp³-hybridized carbons (Fsp3) is 0. The summed E-state index contributed by atoms with van der Waals surface area (Å²) in [4.78, 5) is 5.99. The summed E-state index contributed by atoms with van der Waals surface area (Å²) >= 11 is 0. The van der Waals surface area contributed by atoms with Crippen molar-refractivity contribution in [3.05, 3.63) is 146 Å². The summed E-state index contributed by atoms with van der Waals surface area (Å²) in [7, 11) is 0. The third kappa shape index (κ3) is 3.39. The zero-order valence-electron chi connectivity index (χ0n) is 25.1. The number of aromatic nitrogens is 4. The van der Waals surface area contributed by atoms with Gasteiger partial charge in [-0.2, -0.15) is 4.80 Å². The smallest absolute Gasteiger partial charge is 0.122 e. The Balaban J connectivity index is 1.23. The first-order chi connectivity index (χ1) is 23.3. The molecule has 0 atom stereocenters. The lowest BCUT2D eigenvalue weighted by Crippen LogP contribution is -1.98. The van der Waals surface area contributed by atoms with Crippen LogP contribution in [0.1, 0.15) is 0 Å². The van der Waals surface area contributed by atoms with Crippen LogP contribution in [0.2, 0.25) is 0 Å². The van der Waals surface area contributed by atoms with Gasteiger partial charge in [-0.05, 0) is 87.9 Å². The summed E-state index contributed by atoms with van der Waals surface area (Å²) < 4.78 is 0. The molecule has 11 rings (SSSR count). The fourth-order valence-electron chi connectivity index (χ4n) is 7.96. The zero-order chi connectivity index (χ0) is 30.6. The molecule has 9 aromatic carbocycles. The van der Waals surface area contributed by atoms with Gasteiger partial charge >= 0.3 is 0 Å². The second-order valence-electron chi connectivity index (χ2n) is 12.5. The van der Waals surface area contributed by atoms with Gasteiger partial charge in [0.25, 0.3) is 0 Å².